The van der Waals surface area contributed by atoms with Crippen molar-refractivity contribution in [2.45, 2.75) is 32.4 Å². The molecule has 0 saturated heterocycles. The summed E-state index contributed by atoms with van der Waals surface area (Å²) in [7, 11) is 0. The number of imidazole rings is 1. The molecule has 1 aromatic heterocycles. The Balaban J connectivity index is 2.29. The molecule has 5 heteroatoms. The SMILES string of the molecule is CC(C)(C#N)C(O)C(Cc1ccc(Cl)cc1)n1ccnc1. The van der Waals surface area contributed by atoms with Gasteiger partial charge >= 0.3 is 0 Å². The van der Waals surface area contributed by atoms with E-state index in [1.54, 1.807) is 32.6 Å². The van der Waals surface area contributed by atoms with Crippen molar-refractivity contribution in [3.05, 3.63) is 53.6 Å². The van der Waals surface area contributed by atoms with Crippen molar-refractivity contribution in [3.8, 4) is 6.07 Å². The average molecular weight is 304 g/mol. The van der Waals surface area contributed by atoms with Gasteiger partial charge in [-0.05, 0) is 38.0 Å². The predicted molar refractivity (Wildman–Crippen MR) is 81.8 cm³/mol. The smallest absolute Gasteiger partial charge is 0.0949 e. The summed E-state index contributed by atoms with van der Waals surface area (Å²) in [6, 6.07) is 9.42. The maximum Gasteiger partial charge on any atom is 0.0949 e. The van der Waals surface area contributed by atoms with Crippen molar-refractivity contribution < 1.29 is 5.11 Å². The molecule has 0 aliphatic carbocycles. The molecule has 0 aliphatic heterocycles. The number of aliphatic hydroxyl groups excluding tert-OH is 1. The maximum atomic E-state index is 10.6. The van der Waals surface area contributed by atoms with Crippen molar-refractivity contribution in [1.82, 2.24) is 9.55 Å². The van der Waals surface area contributed by atoms with Crippen molar-refractivity contribution in [3.63, 3.8) is 0 Å². The summed E-state index contributed by atoms with van der Waals surface area (Å²) in [5.74, 6) is 0. The fraction of sp³-hybridized carbons (Fsp3) is 0.375. The van der Waals surface area contributed by atoms with Crippen molar-refractivity contribution >= 4 is 11.6 Å². The van der Waals surface area contributed by atoms with Crippen LogP contribution in [-0.4, -0.2) is 20.8 Å². The Morgan fingerprint density at radius 3 is 2.57 bits per heavy atom. The van der Waals surface area contributed by atoms with Gasteiger partial charge in [-0.3, -0.25) is 0 Å². The summed E-state index contributed by atoms with van der Waals surface area (Å²) in [6.07, 6.45) is 4.92. The topological polar surface area (TPSA) is 61.8 Å². The Morgan fingerprint density at radius 2 is 2.05 bits per heavy atom. The van der Waals surface area contributed by atoms with Gasteiger partial charge in [0.15, 0.2) is 0 Å². The Labute approximate surface area is 129 Å². The number of hydrogen-bond donors (Lipinski definition) is 1. The summed E-state index contributed by atoms with van der Waals surface area (Å²) in [5, 5.41) is 20.6. The van der Waals surface area contributed by atoms with Gasteiger partial charge in [-0.15, -0.1) is 0 Å². The third-order valence-electron chi connectivity index (χ3n) is 3.66. The van der Waals surface area contributed by atoms with E-state index in [1.807, 2.05) is 28.8 Å². The number of rotatable bonds is 5. The summed E-state index contributed by atoms with van der Waals surface area (Å²) in [4.78, 5) is 4.04. The highest BCUT2D eigenvalue weighted by molar-refractivity contribution is 6.30. The molecule has 2 rings (SSSR count). The quantitative estimate of drug-likeness (QED) is 0.922. The van der Waals surface area contributed by atoms with E-state index in [-0.39, 0.29) is 6.04 Å². The number of nitriles is 1. The molecule has 2 aromatic rings. The van der Waals surface area contributed by atoms with Gasteiger partial charge in [0.05, 0.1) is 30.0 Å². The van der Waals surface area contributed by atoms with Gasteiger partial charge in [-0.1, -0.05) is 23.7 Å². The number of halogens is 1. The number of benzene rings is 1. The second kappa shape index (κ2) is 6.30. The van der Waals surface area contributed by atoms with Gasteiger partial charge in [0, 0.05) is 17.4 Å². The number of aromatic nitrogens is 2. The molecule has 21 heavy (non-hydrogen) atoms. The zero-order valence-electron chi connectivity index (χ0n) is 12.1. The molecule has 1 aromatic carbocycles. The van der Waals surface area contributed by atoms with E-state index in [0.717, 1.165) is 5.56 Å². The molecule has 2 unspecified atom stereocenters. The van der Waals surface area contributed by atoms with Gasteiger partial charge in [0.1, 0.15) is 0 Å². The van der Waals surface area contributed by atoms with Crippen LogP contribution in [0.4, 0.5) is 0 Å². The lowest BCUT2D eigenvalue weighted by Crippen LogP contribution is -2.37. The molecule has 110 valence electrons. The van der Waals surface area contributed by atoms with E-state index >= 15 is 0 Å². The number of hydrogen-bond acceptors (Lipinski definition) is 3. The van der Waals surface area contributed by atoms with Crippen LogP contribution >= 0.6 is 11.6 Å². The van der Waals surface area contributed by atoms with Gasteiger partial charge in [-0.2, -0.15) is 5.26 Å². The van der Waals surface area contributed by atoms with E-state index in [1.165, 1.54) is 0 Å². The van der Waals surface area contributed by atoms with Gasteiger partial charge in [0.25, 0.3) is 0 Å². The van der Waals surface area contributed by atoms with Crippen LogP contribution in [0.15, 0.2) is 43.0 Å². The molecule has 2 atom stereocenters. The van der Waals surface area contributed by atoms with Crippen LogP contribution in [0.3, 0.4) is 0 Å². The molecule has 0 spiro atoms. The zero-order valence-corrected chi connectivity index (χ0v) is 12.8. The average Bonchev–Trinajstić information content (AvgIpc) is 3.00. The third-order valence-corrected chi connectivity index (χ3v) is 3.91. The Bertz CT molecular complexity index is 614. The molecule has 0 aliphatic rings. The second-order valence-electron chi connectivity index (χ2n) is 5.69. The first-order valence-electron chi connectivity index (χ1n) is 6.75. The molecule has 0 radical (unpaired) electrons. The van der Waals surface area contributed by atoms with Crippen molar-refractivity contribution in [2.75, 3.05) is 0 Å². The monoisotopic (exact) mass is 303 g/mol. The van der Waals surface area contributed by atoms with Crippen molar-refractivity contribution in [2.24, 2.45) is 5.41 Å². The maximum absolute atomic E-state index is 10.6. The third kappa shape index (κ3) is 3.63. The Kier molecular flexibility index (Phi) is 4.66. The van der Waals surface area contributed by atoms with Crippen LogP contribution in [-0.2, 0) is 6.42 Å². The summed E-state index contributed by atoms with van der Waals surface area (Å²) in [6.45, 7) is 3.48. The normalized spacial score (nSPS) is 14.4. The summed E-state index contributed by atoms with van der Waals surface area (Å²) in [5.41, 5.74) is 0.201. The highest BCUT2D eigenvalue weighted by Crippen LogP contribution is 2.31. The molecule has 1 N–H and O–H groups in total. The highest BCUT2D eigenvalue weighted by Gasteiger charge is 2.35. The van der Waals surface area contributed by atoms with Crippen LogP contribution in [0.25, 0.3) is 0 Å². The van der Waals surface area contributed by atoms with Crippen LogP contribution < -0.4 is 0 Å². The molecule has 0 saturated carbocycles. The van der Waals surface area contributed by atoms with Crippen LogP contribution in [0.2, 0.25) is 5.02 Å². The highest BCUT2D eigenvalue weighted by atomic mass is 35.5. The van der Waals surface area contributed by atoms with E-state index in [4.69, 9.17) is 11.6 Å². The minimum absolute atomic E-state index is 0.261. The standard InChI is InChI=1S/C16H18ClN3O/c1-16(2,10-18)15(21)14(20-8-7-19-11-20)9-12-3-5-13(17)6-4-12/h3-8,11,14-15,21H,9H2,1-2H3. The largest absolute Gasteiger partial charge is 0.389 e. The first-order valence-corrected chi connectivity index (χ1v) is 7.13. The van der Waals surface area contributed by atoms with E-state index in [9.17, 15) is 10.4 Å². The lowest BCUT2D eigenvalue weighted by Gasteiger charge is -2.31. The van der Waals surface area contributed by atoms with E-state index in [2.05, 4.69) is 11.1 Å². The van der Waals surface area contributed by atoms with Crippen LogP contribution in [0, 0.1) is 16.7 Å². The minimum atomic E-state index is -0.846. The molecular formula is C16H18ClN3O. The zero-order chi connectivity index (χ0) is 15.5. The molecule has 1 heterocycles. The Morgan fingerprint density at radius 1 is 1.38 bits per heavy atom. The van der Waals surface area contributed by atoms with E-state index in [0.29, 0.717) is 11.4 Å². The van der Waals surface area contributed by atoms with Gasteiger partial charge in [-0.25, -0.2) is 4.98 Å². The van der Waals surface area contributed by atoms with Crippen LogP contribution in [0.5, 0.6) is 0 Å². The first kappa shape index (κ1) is 15.6. The molecule has 0 amide bonds. The second-order valence-corrected chi connectivity index (χ2v) is 6.12. The fourth-order valence-corrected chi connectivity index (χ4v) is 2.38. The molecule has 4 nitrogen and oxygen atoms in total. The van der Waals surface area contributed by atoms with Crippen molar-refractivity contribution in [1.29, 1.82) is 5.26 Å². The summed E-state index contributed by atoms with van der Waals surface area (Å²) < 4.78 is 1.85. The number of nitrogens with zero attached hydrogens (tertiary/aromatic N) is 3. The first-order chi connectivity index (χ1) is 9.94. The lowest BCUT2D eigenvalue weighted by molar-refractivity contribution is 0.0362. The number of aliphatic hydroxyl groups is 1. The minimum Gasteiger partial charge on any atom is -0.389 e. The fourth-order valence-electron chi connectivity index (χ4n) is 2.25. The Hall–Kier alpha value is -1.83. The predicted octanol–water partition coefficient (Wildman–Crippen LogP) is 3.23. The van der Waals surface area contributed by atoms with E-state index < -0.39 is 11.5 Å². The van der Waals surface area contributed by atoms with Crippen LogP contribution in [0.1, 0.15) is 25.5 Å². The molecular weight excluding hydrogens is 286 g/mol. The van der Waals surface area contributed by atoms with Gasteiger partial charge in [0.2, 0.25) is 0 Å². The summed E-state index contributed by atoms with van der Waals surface area (Å²) >= 11 is 5.90. The molecule has 0 fully saturated rings. The van der Waals surface area contributed by atoms with Gasteiger partial charge < -0.3 is 9.67 Å². The lowest BCUT2D eigenvalue weighted by atomic mass is 9.82. The molecule has 0 bridgehead atoms.